The number of hydrogen-bond acceptors (Lipinski definition) is 0. The molecule has 0 aromatic heterocycles. The Bertz CT molecular complexity index is 1900. The van der Waals surface area contributed by atoms with Gasteiger partial charge in [-0.25, -0.2) is 7.92 Å². The molecule has 0 atom stereocenters. The van der Waals surface area contributed by atoms with Crippen LogP contribution in [0.15, 0.2) is 182 Å². The summed E-state index contributed by atoms with van der Waals surface area (Å²) >= 11 is 6.46. The average molecular weight is 792 g/mol. The van der Waals surface area contributed by atoms with Crippen molar-refractivity contribution in [3.63, 3.8) is 0 Å². The van der Waals surface area contributed by atoms with Gasteiger partial charge < -0.3 is 29.6 Å². The molecule has 7 rings (SSSR count). The van der Waals surface area contributed by atoms with Gasteiger partial charge in [-0.3, -0.25) is 0 Å². The van der Waals surface area contributed by atoms with E-state index in [4.69, 9.17) is 11.6 Å². The summed E-state index contributed by atoms with van der Waals surface area (Å²) in [6.45, 7) is 0. The molecule has 0 aliphatic heterocycles. The minimum atomic E-state index is -4.46. The van der Waals surface area contributed by atoms with E-state index < -0.39 is 27.6 Å². The van der Waals surface area contributed by atoms with Crippen molar-refractivity contribution < 1.29 is 46.7 Å². The van der Waals surface area contributed by atoms with E-state index in [1.807, 2.05) is 66.7 Å². The minimum absolute atomic E-state index is 0. The van der Waals surface area contributed by atoms with Crippen molar-refractivity contribution in [2.24, 2.45) is 0 Å². The minimum Gasteiger partial charge on any atom is -0.747 e. The van der Waals surface area contributed by atoms with Gasteiger partial charge in [-0.15, -0.1) is 35.4 Å². The summed E-state index contributed by atoms with van der Waals surface area (Å²) in [6.07, 6.45) is -4.46. The van der Waals surface area contributed by atoms with Crippen LogP contribution in [0.2, 0.25) is 5.02 Å². The molecule has 8 heteroatoms. The van der Waals surface area contributed by atoms with Crippen molar-refractivity contribution in [2.75, 3.05) is 0 Å². The summed E-state index contributed by atoms with van der Waals surface area (Å²) in [6, 6.07) is 59.1. The van der Waals surface area contributed by atoms with Crippen molar-refractivity contribution in [3.05, 3.63) is 193 Å². The fraction of sp³-hybridized carbons (Fsp3) is 0.0244. The molecule has 0 saturated carbocycles. The van der Waals surface area contributed by atoms with Gasteiger partial charge in [-0.05, 0) is 29.1 Å². The largest absolute Gasteiger partial charge is 0.747 e. The van der Waals surface area contributed by atoms with Crippen LogP contribution in [0.1, 0.15) is 5.56 Å². The molecule has 0 unspecified atom stereocenters. The smallest absolute Gasteiger partial charge is 0.389 e. The average Bonchev–Trinajstić information content (AvgIpc) is 3.77. The maximum atomic E-state index is 13.7. The van der Waals surface area contributed by atoms with Gasteiger partial charge in [0.1, 0.15) is 0 Å². The Kier molecular flexibility index (Phi) is 14.3. The van der Waals surface area contributed by atoms with E-state index in [-0.39, 0.29) is 39.1 Å². The quantitative estimate of drug-likeness (QED) is 0.0858. The van der Waals surface area contributed by atoms with Crippen LogP contribution in [0.3, 0.4) is 0 Å². The van der Waals surface area contributed by atoms with Gasteiger partial charge in [-0.2, -0.15) is 13.2 Å². The van der Waals surface area contributed by atoms with E-state index >= 15 is 0 Å². The molecule has 0 aliphatic carbocycles. The number of halogens is 4. The molecular weight excluding hydrogens is 761 g/mol. The first kappa shape index (κ1) is 38.6. The molecule has 0 amide bonds. The molecule has 256 valence electrons. The summed E-state index contributed by atoms with van der Waals surface area (Å²) in [5.74, 6) is 0. The zero-order valence-corrected chi connectivity index (χ0v) is 30.5. The molecule has 0 bridgehead atoms. The van der Waals surface area contributed by atoms with Crippen LogP contribution in [0, 0.1) is 0 Å². The Balaban J connectivity index is 0.000000233. The van der Waals surface area contributed by atoms with E-state index in [0.29, 0.717) is 10.6 Å². The Labute approximate surface area is 314 Å². The van der Waals surface area contributed by atoms with Crippen LogP contribution in [0.25, 0.3) is 11.1 Å². The summed E-state index contributed by atoms with van der Waals surface area (Å²) in [5, 5.41) is 7.50. The number of hydrogen-bond donors (Lipinski definition) is 0. The maximum Gasteiger partial charge on any atom is 0.389 e. The number of alkyl halides is 3. The summed E-state index contributed by atoms with van der Waals surface area (Å²) in [7, 11) is -1.48. The first-order valence-corrected chi connectivity index (χ1v) is 18.1. The van der Waals surface area contributed by atoms with E-state index in [1.165, 1.54) is 28.0 Å². The third kappa shape index (κ3) is 9.31. The van der Waals surface area contributed by atoms with Crippen LogP contribution in [0.5, 0.6) is 0 Å². The molecule has 49 heavy (non-hydrogen) atoms. The van der Waals surface area contributed by atoms with E-state index in [1.54, 1.807) is 12.1 Å². The van der Waals surface area contributed by atoms with Crippen molar-refractivity contribution in [1.82, 2.24) is 0 Å². The standard InChI is InChI=1S/C24H16ClF3P.C17H14P.Fe.Ni/c25-21-15-16-22(23(21)19-13-7-8-14-20(19)24(26,27)28)29(17-9-3-1-4-10-17)18-11-5-2-6-12-18;1-3-9-15(10-4-1)18(17-13-7-8-14-17)16-11-5-2-6-12-16;;/h1-16H;1-14H;;/q-1;-5;;. The predicted octanol–water partition coefficient (Wildman–Crippen LogP) is 9.66. The van der Waals surface area contributed by atoms with E-state index in [9.17, 15) is 13.2 Å². The third-order valence-electron chi connectivity index (χ3n) is 7.59. The Morgan fingerprint density at radius 1 is 0.531 bits per heavy atom. The second-order valence-electron chi connectivity index (χ2n) is 10.6. The second kappa shape index (κ2) is 18.1. The van der Waals surface area contributed by atoms with Crippen molar-refractivity contribution in [3.8, 4) is 11.1 Å². The molecule has 7 aromatic rings. The maximum absolute atomic E-state index is 13.7. The van der Waals surface area contributed by atoms with Gasteiger partial charge in [0.05, 0.1) is 0 Å². The SMILES string of the molecule is FC(F)(F)c1ccccc1-[c-]1c(Cl)ccc1P(c1ccccc1)c1ccccc1.[Fe].[Ni].c1ccc(P(c2ccccc2)[c-]2[cH-][cH-][cH-][cH-]2)cc1. The summed E-state index contributed by atoms with van der Waals surface area (Å²) in [5.41, 5.74) is -0.104. The molecule has 0 aliphatic rings. The van der Waals surface area contributed by atoms with Crippen LogP contribution < -0.4 is 31.8 Å². The molecule has 0 heterocycles. The monoisotopic (exact) mass is 790 g/mol. The first-order chi connectivity index (χ1) is 22.9. The third-order valence-corrected chi connectivity index (χ3v) is 12.8. The zero-order chi connectivity index (χ0) is 32.6. The van der Waals surface area contributed by atoms with E-state index in [0.717, 1.165) is 22.0 Å². The molecule has 0 radical (unpaired) electrons. The van der Waals surface area contributed by atoms with E-state index in [2.05, 4.69) is 84.9 Å². The van der Waals surface area contributed by atoms with Gasteiger partial charge in [0, 0.05) is 33.6 Å². The van der Waals surface area contributed by atoms with Gasteiger partial charge in [-0.1, -0.05) is 161 Å². The van der Waals surface area contributed by atoms with Crippen LogP contribution in [-0.4, -0.2) is 0 Å². The van der Waals surface area contributed by atoms with Crippen molar-refractivity contribution in [2.45, 2.75) is 6.18 Å². The van der Waals surface area contributed by atoms with Gasteiger partial charge in [0.2, 0.25) is 0 Å². The number of rotatable bonds is 7. The van der Waals surface area contributed by atoms with Crippen LogP contribution >= 0.6 is 27.4 Å². The van der Waals surface area contributed by atoms with Gasteiger partial charge >= 0.3 is 6.18 Å². The van der Waals surface area contributed by atoms with Crippen LogP contribution in [0.4, 0.5) is 13.2 Å². The van der Waals surface area contributed by atoms with Gasteiger partial charge in [0.25, 0.3) is 0 Å². The Morgan fingerprint density at radius 2 is 0.939 bits per heavy atom. The molecule has 0 saturated heterocycles. The fourth-order valence-corrected chi connectivity index (χ4v) is 10.7. The molecular formula is C41H30ClF3FeNiP2-6. The topological polar surface area (TPSA) is 0 Å². The van der Waals surface area contributed by atoms with Gasteiger partial charge in [0.15, 0.2) is 0 Å². The first-order valence-electron chi connectivity index (χ1n) is 15.1. The molecule has 0 N–H and O–H groups in total. The normalized spacial score (nSPS) is 10.9. The Hall–Kier alpha value is -3.25. The summed E-state index contributed by atoms with van der Waals surface area (Å²) < 4.78 is 41.1. The zero-order valence-electron chi connectivity index (χ0n) is 25.9. The summed E-state index contributed by atoms with van der Waals surface area (Å²) in [4.78, 5) is 0. The Morgan fingerprint density at radius 3 is 1.39 bits per heavy atom. The fourth-order valence-electron chi connectivity index (χ4n) is 5.54. The molecule has 0 spiro atoms. The second-order valence-corrected chi connectivity index (χ2v) is 15.5. The molecule has 0 nitrogen and oxygen atoms in total. The molecule has 0 fully saturated rings. The number of benzene rings is 5. The molecule has 7 aromatic carbocycles. The predicted molar refractivity (Wildman–Crippen MR) is 197 cm³/mol. The van der Waals surface area contributed by atoms with Crippen LogP contribution in [-0.2, 0) is 39.7 Å². The van der Waals surface area contributed by atoms with Crippen molar-refractivity contribution >= 4 is 59.3 Å². The van der Waals surface area contributed by atoms with Crippen molar-refractivity contribution in [1.29, 1.82) is 0 Å².